The van der Waals surface area contributed by atoms with E-state index in [1.165, 1.54) is 0 Å². The van der Waals surface area contributed by atoms with Gasteiger partial charge in [0.15, 0.2) is 6.10 Å². The first-order valence-corrected chi connectivity index (χ1v) is 9.46. The molecule has 30 heavy (non-hydrogen) atoms. The second kappa shape index (κ2) is 8.65. The number of nitrogens with zero attached hydrogens (tertiary/aromatic N) is 2. The number of aryl methyl sites for hydroxylation is 1. The van der Waals surface area contributed by atoms with Crippen LogP contribution in [0.2, 0.25) is 0 Å². The number of furan rings is 1. The summed E-state index contributed by atoms with van der Waals surface area (Å²) in [5.41, 5.74) is 1.93. The third-order valence-electron chi connectivity index (χ3n) is 4.36. The monoisotopic (exact) mass is 404 g/mol. The molecule has 0 bridgehead atoms. The molecular weight excluding hydrogens is 384 g/mol. The number of carbonyl (C=O) groups is 1. The number of esters is 1. The minimum absolute atomic E-state index is 0.0757. The number of aromatic nitrogens is 2. The zero-order valence-corrected chi connectivity index (χ0v) is 16.6. The zero-order valence-electron chi connectivity index (χ0n) is 16.6. The van der Waals surface area contributed by atoms with Crippen LogP contribution < -0.4 is 4.74 Å². The van der Waals surface area contributed by atoms with E-state index in [9.17, 15) is 4.79 Å². The standard InChI is InChI=1S/C23H20N2O5/c1-15-8-10-17(11-9-15)22-25-24-21(30-22)16(2)28-23(26)20-13-12-19(29-20)14-27-18-6-4-3-5-7-18/h3-13,16H,14H2,1-2H3. The van der Waals surface area contributed by atoms with Crippen LogP contribution in [0.5, 0.6) is 5.75 Å². The van der Waals surface area contributed by atoms with E-state index in [4.69, 9.17) is 18.3 Å². The maximum atomic E-state index is 12.4. The van der Waals surface area contributed by atoms with Crippen LogP contribution in [0, 0.1) is 6.92 Å². The summed E-state index contributed by atoms with van der Waals surface area (Å²) < 4.78 is 22.2. The van der Waals surface area contributed by atoms with Gasteiger partial charge >= 0.3 is 5.97 Å². The van der Waals surface area contributed by atoms with Crippen LogP contribution in [-0.4, -0.2) is 16.2 Å². The fourth-order valence-corrected chi connectivity index (χ4v) is 2.72. The normalized spacial score (nSPS) is 11.8. The smallest absolute Gasteiger partial charge is 0.375 e. The van der Waals surface area contributed by atoms with Gasteiger partial charge in [-0.05, 0) is 50.2 Å². The predicted octanol–water partition coefficient (Wildman–Crippen LogP) is 5.14. The van der Waals surface area contributed by atoms with E-state index in [0.29, 0.717) is 17.4 Å². The second-order valence-corrected chi connectivity index (χ2v) is 6.73. The molecule has 152 valence electrons. The fourth-order valence-electron chi connectivity index (χ4n) is 2.72. The number of hydrogen-bond donors (Lipinski definition) is 0. The lowest BCUT2D eigenvalue weighted by molar-refractivity contribution is 0.0241. The van der Waals surface area contributed by atoms with E-state index in [2.05, 4.69) is 10.2 Å². The van der Waals surface area contributed by atoms with E-state index in [-0.39, 0.29) is 18.3 Å². The molecule has 0 saturated heterocycles. The van der Waals surface area contributed by atoms with Crippen LogP contribution in [0.3, 0.4) is 0 Å². The largest absolute Gasteiger partial charge is 0.486 e. The average molecular weight is 404 g/mol. The summed E-state index contributed by atoms with van der Waals surface area (Å²) in [6.45, 7) is 3.86. The molecule has 4 rings (SSSR count). The molecular formula is C23H20N2O5. The number of ether oxygens (including phenoxy) is 2. The highest BCUT2D eigenvalue weighted by molar-refractivity contribution is 5.86. The molecule has 0 N–H and O–H groups in total. The molecule has 4 aromatic rings. The molecule has 7 nitrogen and oxygen atoms in total. The Morgan fingerprint density at radius 3 is 2.50 bits per heavy atom. The molecule has 2 aromatic carbocycles. The summed E-state index contributed by atoms with van der Waals surface area (Å²) in [4.78, 5) is 12.4. The van der Waals surface area contributed by atoms with Gasteiger partial charge in [0.2, 0.25) is 11.7 Å². The number of para-hydroxylation sites is 1. The van der Waals surface area contributed by atoms with Crippen molar-refractivity contribution in [3.05, 3.63) is 89.7 Å². The molecule has 1 atom stereocenters. The van der Waals surface area contributed by atoms with Gasteiger partial charge in [-0.2, -0.15) is 0 Å². The summed E-state index contributed by atoms with van der Waals surface area (Å²) in [5, 5.41) is 8.01. The highest BCUT2D eigenvalue weighted by Crippen LogP contribution is 2.24. The van der Waals surface area contributed by atoms with Crippen molar-refractivity contribution in [2.24, 2.45) is 0 Å². The van der Waals surface area contributed by atoms with Crippen molar-refractivity contribution in [3.8, 4) is 17.2 Å². The summed E-state index contributed by atoms with van der Waals surface area (Å²) >= 11 is 0. The molecule has 0 saturated carbocycles. The van der Waals surface area contributed by atoms with Crippen LogP contribution in [0.1, 0.15) is 40.8 Å². The lowest BCUT2D eigenvalue weighted by Crippen LogP contribution is -2.08. The third kappa shape index (κ3) is 4.57. The van der Waals surface area contributed by atoms with Crippen LogP contribution in [0.4, 0.5) is 0 Å². The van der Waals surface area contributed by atoms with Crippen molar-refractivity contribution in [1.82, 2.24) is 10.2 Å². The first-order valence-electron chi connectivity index (χ1n) is 9.46. The molecule has 7 heteroatoms. The van der Waals surface area contributed by atoms with Gasteiger partial charge in [-0.15, -0.1) is 10.2 Å². The minimum atomic E-state index is -0.724. The van der Waals surface area contributed by atoms with Gasteiger partial charge in [0.05, 0.1) is 0 Å². The summed E-state index contributed by atoms with van der Waals surface area (Å²) in [6.07, 6.45) is -0.724. The first kappa shape index (κ1) is 19.4. The van der Waals surface area contributed by atoms with Crippen molar-refractivity contribution in [2.75, 3.05) is 0 Å². The quantitative estimate of drug-likeness (QED) is 0.394. The van der Waals surface area contributed by atoms with Crippen molar-refractivity contribution in [2.45, 2.75) is 26.6 Å². The van der Waals surface area contributed by atoms with Gasteiger partial charge in [-0.1, -0.05) is 35.9 Å². The second-order valence-electron chi connectivity index (χ2n) is 6.73. The lowest BCUT2D eigenvalue weighted by Gasteiger charge is -2.07. The summed E-state index contributed by atoms with van der Waals surface area (Å²) in [7, 11) is 0. The number of hydrogen-bond acceptors (Lipinski definition) is 7. The van der Waals surface area contributed by atoms with Crippen molar-refractivity contribution < 1.29 is 23.1 Å². The summed E-state index contributed by atoms with van der Waals surface area (Å²) in [5.74, 6) is 1.25. The Hall–Kier alpha value is -3.87. The van der Waals surface area contributed by atoms with E-state index in [0.717, 1.165) is 11.1 Å². The molecule has 0 radical (unpaired) electrons. The Balaban J connectivity index is 1.36. The highest BCUT2D eigenvalue weighted by Gasteiger charge is 2.22. The van der Waals surface area contributed by atoms with Gasteiger partial charge in [0.1, 0.15) is 18.1 Å². The number of carbonyl (C=O) groups excluding carboxylic acids is 1. The Kier molecular flexibility index (Phi) is 5.61. The average Bonchev–Trinajstić information content (AvgIpc) is 3.44. The molecule has 1 unspecified atom stereocenters. The van der Waals surface area contributed by atoms with E-state index >= 15 is 0 Å². The summed E-state index contributed by atoms with van der Waals surface area (Å²) in [6, 6.07) is 20.3. The highest BCUT2D eigenvalue weighted by atomic mass is 16.6. The SMILES string of the molecule is Cc1ccc(-c2nnc(C(C)OC(=O)c3ccc(COc4ccccc4)o3)o2)cc1. The molecule has 2 heterocycles. The van der Waals surface area contributed by atoms with Gasteiger partial charge < -0.3 is 18.3 Å². The molecule has 2 aromatic heterocycles. The van der Waals surface area contributed by atoms with Crippen LogP contribution in [-0.2, 0) is 11.3 Å². The number of rotatable bonds is 7. The Labute approximate surface area is 173 Å². The Bertz CT molecular complexity index is 1120. The van der Waals surface area contributed by atoms with E-state index in [1.807, 2.05) is 61.5 Å². The van der Waals surface area contributed by atoms with E-state index < -0.39 is 12.1 Å². The van der Waals surface area contributed by atoms with Crippen molar-refractivity contribution in [1.29, 1.82) is 0 Å². The van der Waals surface area contributed by atoms with Crippen molar-refractivity contribution >= 4 is 5.97 Å². The van der Waals surface area contributed by atoms with Gasteiger partial charge in [-0.25, -0.2) is 4.79 Å². The lowest BCUT2D eigenvalue weighted by atomic mass is 10.1. The molecule has 0 spiro atoms. The Morgan fingerprint density at radius 1 is 0.967 bits per heavy atom. The van der Waals surface area contributed by atoms with Gasteiger partial charge in [0.25, 0.3) is 5.89 Å². The maximum Gasteiger partial charge on any atom is 0.375 e. The number of benzene rings is 2. The molecule has 0 aliphatic carbocycles. The van der Waals surface area contributed by atoms with Crippen LogP contribution >= 0.6 is 0 Å². The van der Waals surface area contributed by atoms with E-state index in [1.54, 1.807) is 19.1 Å². The third-order valence-corrected chi connectivity index (χ3v) is 4.36. The zero-order chi connectivity index (χ0) is 20.9. The molecule has 0 fully saturated rings. The van der Waals surface area contributed by atoms with Crippen LogP contribution in [0.15, 0.2) is 75.6 Å². The molecule has 0 aliphatic heterocycles. The van der Waals surface area contributed by atoms with Gasteiger partial charge in [0, 0.05) is 5.56 Å². The first-order chi connectivity index (χ1) is 14.6. The fraction of sp³-hybridized carbons (Fsp3) is 0.174. The maximum absolute atomic E-state index is 12.4. The van der Waals surface area contributed by atoms with Crippen LogP contribution in [0.25, 0.3) is 11.5 Å². The Morgan fingerprint density at radius 2 is 1.73 bits per heavy atom. The molecule has 0 aliphatic rings. The topological polar surface area (TPSA) is 87.6 Å². The van der Waals surface area contributed by atoms with Crippen molar-refractivity contribution in [3.63, 3.8) is 0 Å². The van der Waals surface area contributed by atoms with Gasteiger partial charge in [-0.3, -0.25) is 0 Å². The molecule has 0 amide bonds. The predicted molar refractivity (Wildman–Crippen MR) is 108 cm³/mol. The minimum Gasteiger partial charge on any atom is -0.486 e.